The quantitative estimate of drug-likeness (QED) is 0.523. The number of carbonyl (C=O) groups excluding carboxylic acids is 1. The van der Waals surface area contributed by atoms with Gasteiger partial charge < -0.3 is 14.9 Å². The van der Waals surface area contributed by atoms with Gasteiger partial charge in [-0.15, -0.1) is 13.2 Å². The maximum atomic E-state index is 14.2. The number of phenols is 1. The lowest BCUT2D eigenvalue weighted by Gasteiger charge is -2.24. The average Bonchev–Trinajstić information content (AvgIpc) is 2.97. The van der Waals surface area contributed by atoms with E-state index >= 15 is 0 Å². The van der Waals surface area contributed by atoms with Crippen LogP contribution in [-0.2, 0) is 10.2 Å². The first-order valence-electron chi connectivity index (χ1n) is 9.48. The number of phenolic OH excluding ortho intramolecular Hbond substituents is 1. The molecule has 32 heavy (non-hydrogen) atoms. The van der Waals surface area contributed by atoms with Gasteiger partial charge in [0.1, 0.15) is 5.75 Å². The first kappa shape index (κ1) is 23.1. The van der Waals surface area contributed by atoms with Gasteiger partial charge in [0.2, 0.25) is 0 Å². The van der Waals surface area contributed by atoms with E-state index in [4.69, 9.17) is 0 Å². The van der Waals surface area contributed by atoms with E-state index in [9.17, 15) is 37.4 Å². The topological polar surface area (TPSA) is 88.8 Å². The Morgan fingerprint density at radius 1 is 1.12 bits per heavy atom. The molecule has 3 rings (SSSR count). The minimum absolute atomic E-state index is 0.0225. The van der Waals surface area contributed by atoms with Gasteiger partial charge in [0.05, 0.1) is 10.9 Å². The normalized spacial score (nSPS) is 13.7. The number of hydrogen-bond donors (Lipinski definition) is 2. The number of nitrogens with zero attached hydrogens (tertiary/aromatic N) is 1. The highest BCUT2D eigenvalue weighted by molar-refractivity contribution is 6.06. The molecule has 0 aliphatic rings. The third kappa shape index (κ3) is 3.88. The van der Waals surface area contributed by atoms with Gasteiger partial charge in [0, 0.05) is 22.7 Å². The van der Waals surface area contributed by atoms with Crippen molar-refractivity contribution in [1.82, 2.24) is 4.57 Å². The van der Waals surface area contributed by atoms with Crippen LogP contribution in [0.3, 0.4) is 0 Å². The molecule has 0 saturated carbocycles. The largest absolute Gasteiger partial charge is 0.573 e. The molecular formula is C22H19F4NO5. The lowest BCUT2D eigenvalue weighted by Crippen LogP contribution is -2.32. The molecule has 170 valence electrons. The summed E-state index contributed by atoms with van der Waals surface area (Å²) in [5, 5.41) is 19.9. The molecule has 0 bridgehead atoms. The van der Waals surface area contributed by atoms with Crippen molar-refractivity contribution in [1.29, 1.82) is 0 Å². The Bertz CT molecular complexity index is 1210. The minimum Gasteiger partial charge on any atom is -0.505 e. The van der Waals surface area contributed by atoms with E-state index in [0.29, 0.717) is 0 Å². The Morgan fingerprint density at radius 3 is 2.22 bits per heavy atom. The SMILES string of the molecule is CC[C@@](C)(C(=O)O)c1c(C)n(C(=O)c2ccc(OC(F)(F)F)cc2)c2cc(F)c(O)cc12. The molecule has 0 spiro atoms. The zero-order valence-corrected chi connectivity index (χ0v) is 17.2. The second kappa shape index (κ2) is 7.85. The average molecular weight is 453 g/mol. The summed E-state index contributed by atoms with van der Waals surface area (Å²) in [7, 11) is 0. The summed E-state index contributed by atoms with van der Waals surface area (Å²) < 4.78 is 56.2. The molecule has 0 amide bonds. The Morgan fingerprint density at radius 2 is 1.72 bits per heavy atom. The number of halogens is 4. The van der Waals surface area contributed by atoms with Crippen LogP contribution >= 0.6 is 0 Å². The second-order valence-electron chi connectivity index (χ2n) is 7.48. The van der Waals surface area contributed by atoms with Crippen molar-refractivity contribution in [3.8, 4) is 11.5 Å². The van der Waals surface area contributed by atoms with Crippen LogP contribution in [0.15, 0.2) is 36.4 Å². The lowest BCUT2D eigenvalue weighted by molar-refractivity contribution is -0.274. The fourth-order valence-corrected chi connectivity index (χ4v) is 3.75. The fourth-order valence-electron chi connectivity index (χ4n) is 3.75. The molecular weight excluding hydrogens is 434 g/mol. The van der Waals surface area contributed by atoms with Gasteiger partial charge in [-0.1, -0.05) is 6.92 Å². The molecule has 2 aromatic carbocycles. The van der Waals surface area contributed by atoms with Gasteiger partial charge in [0.25, 0.3) is 5.91 Å². The number of aromatic nitrogens is 1. The number of fused-ring (bicyclic) bond motifs is 1. The highest BCUT2D eigenvalue weighted by atomic mass is 19.4. The number of benzene rings is 2. The van der Waals surface area contributed by atoms with Crippen LogP contribution in [0.2, 0.25) is 0 Å². The van der Waals surface area contributed by atoms with Crippen molar-refractivity contribution >= 4 is 22.8 Å². The lowest BCUT2D eigenvalue weighted by atomic mass is 9.78. The number of carboxylic acid groups (broad SMARTS) is 1. The zero-order chi connectivity index (χ0) is 24.0. The van der Waals surface area contributed by atoms with Crippen molar-refractivity contribution in [2.45, 2.75) is 39.0 Å². The first-order chi connectivity index (χ1) is 14.8. The van der Waals surface area contributed by atoms with Crippen molar-refractivity contribution in [2.24, 2.45) is 0 Å². The van der Waals surface area contributed by atoms with E-state index in [0.717, 1.165) is 41.0 Å². The number of ether oxygens (including phenoxy) is 1. The minimum atomic E-state index is -4.89. The molecule has 10 heteroatoms. The number of hydrogen-bond acceptors (Lipinski definition) is 4. The molecule has 3 aromatic rings. The van der Waals surface area contributed by atoms with E-state index in [1.165, 1.54) is 13.8 Å². The van der Waals surface area contributed by atoms with E-state index in [2.05, 4.69) is 4.74 Å². The molecule has 0 fully saturated rings. The Balaban J connectivity index is 2.23. The third-order valence-electron chi connectivity index (χ3n) is 5.54. The highest BCUT2D eigenvalue weighted by Crippen LogP contribution is 2.40. The maximum Gasteiger partial charge on any atom is 0.573 e. The summed E-state index contributed by atoms with van der Waals surface area (Å²) >= 11 is 0. The van der Waals surface area contributed by atoms with E-state index < -0.39 is 41.0 Å². The molecule has 1 atom stereocenters. The summed E-state index contributed by atoms with van der Waals surface area (Å²) in [6.07, 6.45) is -4.76. The van der Waals surface area contributed by atoms with Crippen LogP contribution in [0.25, 0.3) is 10.9 Å². The summed E-state index contributed by atoms with van der Waals surface area (Å²) in [5.41, 5.74) is -1.04. The number of aliphatic carboxylic acids is 1. The van der Waals surface area contributed by atoms with Gasteiger partial charge in [-0.05, 0) is 56.2 Å². The molecule has 1 aromatic heterocycles. The van der Waals surface area contributed by atoms with Crippen LogP contribution in [-0.4, -0.2) is 33.0 Å². The molecule has 2 N–H and O–H groups in total. The number of rotatable bonds is 5. The summed E-state index contributed by atoms with van der Waals surface area (Å²) in [6, 6.07) is 6.12. The number of carboxylic acids is 1. The van der Waals surface area contributed by atoms with E-state index in [1.807, 2.05) is 0 Å². The predicted octanol–water partition coefficient (Wildman–Crippen LogP) is 5.13. The Labute approximate surface area is 179 Å². The van der Waals surface area contributed by atoms with Gasteiger partial charge in [-0.25, -0.2) is 4.39 Å². The van der Waals surface area contributed by atoms with Crippen molar-refractivity contribution < 1.29 is 42.1 Å². The molecule has 0 aliphatic heterocycles. The van der Waals surface area contributed by atoms with Gasteiger partial charge in [-0.2, -0.15) is 0 Å². The molecule has 0 unspecified atom stereocenters. The fraction of sp³-hybridized carbons (Fsp3) is 0.273. The molecule has 0 saturated heterocycles. The van der Waals surface area contributed by atoms with Crippen molar-refractivity contribution in [3.05, 3.63) is 59.0 Å². The number of alkyl halides is 3. The van der Waals surface area contributed by atoms with Crippen molar-refractivity contribution in [2.75, 3.05) is 0 Å². The maximum absolute atomic E-state index is 14.2. The van der Waals surface area contributed by atoms with Gasteiger partial charge in [0.15, 0.2) is 11.6 Å². The summed E-state index contributed by atoms with van der Waals surface area (Å²) in [4.78, 5) is 25.3. The first-order valence-corrected chi connectivity index (χ1v) is 9.48. The van der Waals surface area contributed by atoms with Crippen LogP contribution in [0.5, 0.6) is 11.5 Å². The smallest absolute Gasteiger partial charge is 0.505 e. The van der Waals surface area contributed by atoms with E-state index in [-0.39, 0.29) is 34.1 Å². The van der Waals surface area contributed by atoms with Crippen LogP contribution in [0.1, 0.15) is 41.9 Å². The number of carbonyl (C=O) groups is 2. The summed E-state index contributed by atoms with van der Waals surface area (Å²) in [6.45, 7) is 4.58. The van der Waals surface area contributed by atoms with Crippen LogP contribution in [0.4, 0.5) is 17.6 Å². The van der Waals surface area contributed by atoms with Gasteiger partial charge in [-0.3, -0.25) is 14.2 Å². The Hall–Kier alpha value is -3.56. The standard InChI is InChI=1S/C22H19F4NO5/c1-4-21(3,20(30)31)18-11(2)27(16-10-15(23)17(28)9-14(16)18)19(29)12-5-7-13(8-6-12)32-22(24,25)26/h5-10,28H,4H2,1-3H3,(H,30,31)/t21-/m1/s1. The zero-order valence-electron chi connectivity index (χ0n) is 17.2. The monoisotopic (exact) mass is 453 g/mol. The van der Waals surface area contributed by atoms with Crippen LogP contribution < -0.4 is 4.74 Å². The number of aromatic hydroxyl groups is 1. The third-order valence-corrected chi connectivity index (χ3v) is 5.54. The molecule has 1 heterocycles. The Kier molecular flexibility index (Phi) is 5.67. The van der Waals surface area contributed by atoms with Crippen molar-refractivity contribution in [3.63, 3.8) is 0 Å². The van der Waals surface area contributed by atoms with Gasteiger partial charge >= 0.3 is 12.3 Å². The molecule has 6 nitrogen and oxygen atoms in total. The van der Waals surface area contributed by atoms with E-state index in [1.54, 1.807) is 6.92 Å². The molecule has 0 aliphatic carbocycles. The highest BCUT2D eigenvalue weighted by Gasteiger charge is 2.39. The summed E-state index contributed by atoms with van der Waals surface area (Å²) in [5.74, 6) is -4.14. The van der Waals surface area contributed by atoms with Crippen LogP contribution in [0, 0.1) is 12.7 Å². The molecule has 0 radical (unpaired) electrons. The predicted molar refractivity (Wildman–Crippen MR) is 106 cm³/mol. The second-order valence-corrected chi connectivity index (χ2v) is 7.48.